The van der Waals surface area contributed by atoms with E-state index in [9.17, 15) is 5.11 Å². The van der Waals surface area contributed by atoms with E-state index in [1.165, 1.54) is 92.8 Å². The van der Waals surface area contributed by atoms with Crippen LogP contribution in [0.2, 0.25) is 0 Å². The standard InChI is InChI=1S/C33H41NO2S/c35-28-16-19-32-30(24-28)33(31(25-36-32)26-12-6-5-7-13-26)27-14-17-29(18-15-27)37-23-11-4-2-1-3-8-20-34-21-9-10-22-34/h5-7,12-19,24,31,33,35H,1-4,8-11,20-23,25H2/t31-,33-/m0/s1. The highest BCUT2D eigenvalue weighted by molar-refractivity contribution is 7.99. The van der Waals surface area contributed by atoms with Gasteiger partial charge in [-0.1, -0.05) is 68.1 Å². The zero-order chi connectivity index (χ0) is 25.3. The molecule has 1 saturated heterocycles. The fraction of sp³-hybridized carbons (Fsp3) is 0.455. The third-order valence-corrected chi connectivity index (χ3v) is 9.05. The summed E-state index contributed by atoms with van der Waals surface area (Å²) in [5.41, 5.74) is 3.62. The van der Waals surface area contributed by atoms with Crippen LogP contribution in [0, 0.1) is 0 Å². The molecule has 3 nitrogen and oxygen atoms in total. The van der Waals surface area contributed by atoms with Crippen molar-refractivity contribution in [1.82, 2.24) is 4.90 Å². The molecule has 2 aliphatic rings. The Balaban J connectivity index is 1.12. The Morgan fingerprint density at radius 3 is 2.30 bits per heavy atom. The predicted octanol–water partition coefficient (Wildman–Crippen LogP) is 8.23. The van der Waals surface area contributed by atoms with Gasteiger partial charge in [0, 0.05) is 22.3 Å². The lowest BCUT2D eigenvalue weighted by atomic mass is 9.76. The van der Waals surface area contributed by atoms with Gasteiger partial charge >= 0.3 is 0 Å². The van der Waals surface area contributed by atoms with Gasteiger partial charge in [0.15, 0.2) is 0 Å². The highest BCUT2D eigenvalue weighted by Crippen LogP contribution is 2.47. The number of hydrogen-bond donors (Lipinski definition) is 1. The number of aromatic hydroxyl groups is 1. The van der Waals surface area contributed by atoms with Crippen molar-refractivity contribution < 1.29 is 9.84 Å². The molecule has 2 aliphatic heterocycles. The predicted molar refractivity (Wildman–Crippen MR) is 155 cm³/mol. The number of benzene rings is 3. The third-order valence-electron chi connectivity index (χ3n) is 7.95. The molecule has 37 heavy (non-hydrogen) atoms. The summed E-state index contributed by atoms with van der Waals surface area (Å²) in [7, 11) is 0. The first-order chi connectivity index (χ1) is 18.3. The molecule has 1 fully saturated rings. The number of phenols is 1. The second-order valence-electron chi connectivity index (χ2n) is 10.6. The Morgan fingerprint density at radius 1 is 0.784 bits per heavy atom. The summed E-state index contributed by atoms with van der Waals surface area (Å²) in [4.78, 5) is 3.97. The van der Waals surface area contributed by atoms with Crippen LogP contribution in [0.4, 0.5) is 0 Å². The first kappa shape index (κ1) is 26.2. The minimum atomic E-state index is 0.155. The van der Waals surface area contributed by atoms with Gasteiger partial charge in [-0.25, -0.2) is 0 Å². The molecule has 3 aromatic carbocycles. The van der Waals surface area contributed by atoms with Crippen LogP contribution in [-0.2, 0) is 0 Å². The van der Waals surface area contributed by atoms with Gasteiger partial charge < -0.3 is 14.7 Å². The van der Waals surface area contributed by atoms with Crippen molar-refractivity contribution in [2.75, 3.05) is 32.0 Å². The summed E-state index contributed by atoms with van der Waals surface area (Å²) < 4.78 is 6.13. The fourth-order valence-electron chi connectivity index (χ4n) is 5.92. The number of phenolic OH excluding ortho intramolecular Hbond substituents is 1. The number of ether oxygens (including phenoxy) is 1. The maximum atomic E-state index is 10.2. The molecular weight excluding hydrogens is 474 g/mol. The lowest BCUT2D eigenvalue weighted by Crippen LogP contribution is -2.25. The van der Waals surface area contributed by atoms with E-state index in [-0.39, 0.29) is 11.8 Å². The topological polar surface area (TPSA) is 32.7 Å². The molecule has 0 aromatic heterocycles. The van der Waals surface area contributed by atoms with E-state index in [2.05, 4.69) is 59.5 Å². The SMILES string of the molecule is Oc1ccc2c(c1)[C@H](c1ccc(SCCCCCCCCN3CCCC3)cc1)[C@H](c1ccccc1)CO2. The molecule has 2 atom stereocenters. The molecule has 2 heterocycles. The summed E-state index contributed by atoms with van der Waals surface area (Å²) in [5, 5.41) is 10.2. The third kappa shape index (κ3) is 7.12. The van der Waals surface area contributed by atoms with Crippen LogP contribution in [0.1, 0.15) is 79.9 Å². The van der Waals surface area contributed by atoms with E-state index in [0.29, 0.717) is 12.4 Å². The number of fused-ring (bicyclic) bond motifs is 1. The van der Waals surface area contributed by atoms with Crippen LogP contribution in [0.5, 0.6) is 11.5 Å². The van der Waals surface area contributed by atoms with E-state index < -0.39 is 0 Å². The molecule has 196 valence electrons. The van der Waals surface area contributed by atoms with E-state index >= 15 is 0 Å². The number of thioether (sulfide) groups is 1. The van der Waals surface area contributed by atoms with Crippen molar-refractivity contribution in [3.8, 4) is 11.5 Å². The van der Waals surface area contributed by atoms with Crippen molar-refractivity contribution in [2.45, 2.75) is 68.1 Å². The molecule has 0 amide bonds. The highest BCUT2D eigenvalue weighted by Gasteiger charge is 2.33. The van der Waals surface area contributed by atoms with Gasteiger partial charge in [0.25, 0.3) is 0 Å². The average molecular weight is 516 g/mol. The molecule has 5 rings (SSSR count). The fourth-order valence-corrected chi connectivity index (χ4v) is 6.83. The molecule has 0 bridgehead atoms. The van der Waals surface area contributed by atoms with E-state index in [4.69, 9.17) is 4.74 Å². The molecular formula is C33H41NO2S. The quantitative estimate of drug-likeness (QED) is 0.194. The smallest absolute Gasteiger partial charge is 0.123 e. The van der Waals surface area contributed by atoms with Crippen molar-refractivity contribution in [3.63, 3.8) is 0 Å². The molecule has 0 saturated carbocycles. The zero-order valence-electron chi connectivity index (χ0n) is 22.0. The Bertz CT molecular complexity index is 1100. The van der Waals surface area contributed by atoms with Crippen LogP contribution in [-0.4, -0.2) is 42.0 Å². The molecule has 1 N–H and O–H groups in total. The van der Waals surface area contributed by atoms with Crippen LogP contribution in [0.25, 0.3) is 0 Å². The van der Waals surface area contributed by atoms with E-state index in [1.54, 1.807) is 6.07 Å². The first-order valence-electron chi connectivity index (χ1n) is 14.2. The highest BCUT2D eigenvalue weighted by atomic mass is 32.2. The Labute approximate surface area is 227 Å². The van der Waals surface area contributed by atoms with Gasteiger partial charge in [-0.2, -0.15) is 0 Å². The molecule has 0 aliphatic carbocycles. The average Bonchev–Trinajstić information content (AvgIpc) is 3.46. The summed E-state index contributed by atoms with van der Waals surface area (Å²) in [6.45, 7) is 4.62. The van der Waals surface area contributed by atoms with Gasteiger partial charge in [-0.15, -0.1) is 11.8 Å². The second kappa shape index (κ2) is 13.4. The molecule has 3 aromatic rings. The maximum absolute atomic E-state index is 10.2. The van der Waals surface area contributed by atoms with Crippen LogP contribution < -0.4 is 4.74 Å². The van der Waals surface area contributed by atoms with Crippen LogP contribution >= 0.6 is 11.8 Å². The van der Waals surface area contributed by atoms with Crippen molar-refractivity contribution in [2.24, 2.45) is 0 Å². The first-order valence-corrected chi connectivity index (χ1v) is 15.2. The summed E-state index contributed by atoms with van der Waals surface area (Å²) in [5.74, 6) is 2.73. The van der Waals surface area contributed by atoms with Gasteiger partial charge in [0.1, 0.15) is 11.5 Å². The van der Waals surface area contributed by atoms with Crippen LogP contribution in [0.3, 0.4) is 0 Å². The molecule has 0 radical (unpaired) electrons. The minimum absolute atomic E-state index is 0.155. The van der Waals surface area contributed by atoms with Gasteiger partial charge in [-0.3, -0.25) is 0 Å². The van der Waals surface area contributed by atoms with Gasteiger partial charge in [0.2, 0.25) is 0 Å². The summed E-state index contributed by atoms with van der Waals surface area (Å²) >= 11 is 1.97. The monoisotopic (exact) mass is 515 g/mol. The summed E-state index contributed by atoms with van der Waals surface area (Å²) in [6.07, 6.45) is 11.0. The lowest BCUT2D eigenvalue weighted by molar-refractivity contribution is 0.248. The van der Waals surface area contributed by atoms with Crippen molar-refractivity contribution in [3.05, 3.63) is 89.5 Å². The minimum Gasteiger partial charge on any atom is -0.508 e. The summed E-state index contributed by atoms with van der Waals surface area (Å²) in [6, 6.07) is 25.2. The largest absolute Gasteiger partial charge is 0.508 e. The van der Waals surface area contributed by atoms with E-state index in [1.807, 2.05) is 23.9 Å². The Kier molecular flexibility index (Phi) is 9.48. The number of unbranched alkanes of at least 4 members (excludes halogenated alkanes) is 5. The number of likely N-dealkylation sites (tertiary alicyclic amines) is 1. The number of rotatable bonds is 12. The van der Waals surface area contributed by atoms with Crippen LogP contribution in [0.15, 0.2) is 77.7 Å². The van der Waals surface area contributed by atoms with E-state index in [0.717, 1.165) is 11.3 Å². The lowest BCUT2D eigenvalue weighted by Gasteiger charge is -2.34. The van der Waals surface area contributed by atoms with Gasteiger partial charge in [-0.05, 0) is 92.5 Å². The molecule has 0 spiro atoms. The molecule has 4 heteroatoms. The Hall–Kier alpha value is -2.43. The zero-order valence-corrected chi connectivity index (χ0v) is 22.8. The number of nitrogens with zero attached hydrogens (tertiary/aromatic N) is 1. The van der Waals surface area contributed by atoms with Crippen molar-refractivity contribution in [1.29, 1.82) is 0 Å². The maximum Gasteiger partial charge on any atom is 0.123 e. The number of hydrogen-bond acceptors (Lipinski definition) is 4. The normalized spacial score (nSPS) is 19.5. The Morgan fingerprint density at radius 2 is 1.51 bits per heavy atom. The molecule has 0 unspecified atom stereocenters. The van der Waals surface area contributed by atoms with Gasteiger partial charge in [0.05, 0.1) is 6.61 Å². The second-order valence-corrected chi connectivity index (χ2v) is 11.8. The van der Waals surface area contributed by atoms with Crippen molar-refractivity contribution >= 4 is 11.8 Å².